The van der Waals surface area contributed by atoms with Crippen molar-refractivity contribution in [2.24, 2.45) is 14.1 Å². The number of anilines is 3. The van der Waals surface area contributed by atoms with Crippen LogP contribution in [0.3, 0.4) is 0 Å². The summed E-state index contributed by atoms with van der Waals surface area (Å²) in [6, 6.07) is 5.05. The number of aromatic nitrogens is 3. The highest BCUT2D eigenvalue weighted by atomic mass is 16.2. The van der Waals surface area contributed by atoms with Gasteiger partial charge in [0.2, 0.25) is 6.41 Å². The first-order chi connectivity index (χ1) is 18.2. The molecule has 0 atom stereocenters. The van der Waals surface area contributed by atoms with E-state index >= 15 is 0 Å². The Kier molecular flexibility index (Phi) is 8.01. The lowest BCUT2D eigenvalue weighted by Crippen LogP contribution is -2.28. The van der Waals surface area contributed by atoms with E-state index in [-0.39, 0.29) is 23.8 Å². The van der Waals surface area contributed by atoms with Gasteiger partial charge >= 0.3 is 0 Å². The molecule has 4 rings (SSSR count). The fraction of sp³-hybridized carbons (Fsp3) is 0.385. The van der Waals surface area contributed by atoms with E-state index in [9.17, 15) is 19.2 Å². The van der Waals surface area contributed by atoms with E-state index in [4.69, 9.17) is 0 Å². The Bertz CT molecular complexity index is 1350. The summed E-state index contributed by atoms with van der Waals surface area (Å²) in [7, 11) is 7.43. The van der Waals surface area contributed by atoms with Crippen LogP contribution in [0.4, 0.5) is 17.1 Å². The Balaban J connectivity index is 1.44. The summed E-state index contributed by atoms with van der Waals surface area (Å²) in [4.78, 5) is 51.4. The van der Waals surface area contributed by atoms with Crippen molar-refractivity contribution >= 4 is 41.2 Å². The topological polar surface area (TPSA) is 134 Å². The van der Waals surface area contributed by atoms with Gasteiger partial charge in [0.25, 0.3) is 17.7 Å². The molecule has 4 amide bonds. The van der Waals surface area contributed by atoms with Crippen molar-refractivity contribution in [2.45, 2.75) is 25.3 Å². The molecular weight excluding hydrogens is 488 g/mol. The first-order valence-corrected chi connectivity index (χ1v) is 12.5. The van der Waals surface area contributed by atoms with Crippen LogP contribution in [0.25, 0.3) is 0 Å². The van der Waals surface area contributed by atoms with Crippen molar-refractivity contribution in [3.63, 3.8) is 0 Å². The van der Waals surface area contributed by atoms with Crippen molar-refractivity contribution < 1.29 is 19.2 Å². The second kappa shape index (κ2) is 11.4. The van der Waals surface area contributed by atoms with Crippen molar-refractivity contribution in [3.05, 3.63) is 53.9 Å². The highest BCUT2D eigenvalue weighted by Gasteiger charge is 2.29. The minimum atomic E-state index is -0.365. The van der Waals surface area contributed by atoms with Crippen LogP contribution in [-0.4, -0.2) is 69.9 Å². The van der Waals surface area contributed by atoms with Crippen molar-refractivity contribution in [1.82, 2.24) is 23.9 Å². The summed E-state index contributed by atoms with van der Waals surface area (Å²) in [6.45, 7) is 1.44. The Morgan fingerprint density at radius 2 is 1.42 bits per heavy atom. The van der Waals surface area contributed by atoms with Gasteiger partial charge in [-0.15, -0.1) is 0 Å². The van der Waals surface area contributed by atoms with E-state index in [1.165, 1.54) is 0 Å². The van der Waals surface area contributed by atoms with Crippen LogP contribution in [0.5, 0.6) is 0 Å². The highest BCUT2D eigenvalue weighted by Crippen LogP contribution is 2.38. The number of nitrogens with zero attached hydrogens (tertiary/aromatic N) is 4. The van der Waals surface area contributed by atoms with Crippen LogP contribution in [0.15, 0.2) is 36.8 Å². The van der Waals surface area contributed by atoms with Gasteiger partial charge < -0.3 is 39.9 Å². The van der Waals surface area contributed by atoms with E-state index in [1.54, 1.807) is 60.0 Å². The number of amides is 4. The second-order valence-electron chi connectivity index (χ2n) is 9.79. The molecule has 38 heavy (non-hydrogen) atoms. The molecule has 4 N–H and O–H groups in total. The van der Waals surface area contributed by atoms with Crippen molar-refractivity contribution in [1.29, 1.82) is 0 Å². The van der Waals surface area contributed by atoms with Crippen LogP contribution >= 0.6 is 0 Å². The SMILES string of the molecule is CN(C)CCCNC(=O)c1cc(NC(=O)c2cc(NC(=O)c3cc(NC=O)cn3C)cn2C2CC2)cn1C. The van der Waals surface area contributed by atoms with Crippen molar-refractivity contribution in [3.8, 4) is 0 Å². The van der Waals surface area contributed by atoms with Gasteiger partial charge in [0.1, 0.15) is 17.1 Å². The molecule has 3 aromatic rings. The van der Waals surface area contributed by atoms with E-state index in [1.807, 2.05) is 18.7 Å². The van der Waals surface area contributed by atoms with Gasteiger partial charge in [-0.25, -0.2) is 0 Å². The third-order valence-corrected chi connectivity index (χ3v) is 6.31. The molecule has 1 aliphatic rings. The standard InChI is InChI=1S/C26H34N8O4/c1-31(2)9-5-8-27-24(36)21-11-18(14-33(21)4)29-26(38)23-12-19(15-34(23)20-6-7-20)30-25(37)22-10-17(28-16-35)13-32(22)3/h10-16,20H,5-9H2,1-4H3,(H,27,36)(H,28,35)(H,29,38)(H,30,37). The van der Waals surface area contributed by atoms with Crippen LogP contribution in [-0.2, 0) is 18.9 Å². The van der Waals surface area contributed by atoms with Gasteiger partial charge in [-0.3, -0.25) is 19.2 Å². The lowest BCUT2D eigenvalue weighted by molar-refractivity contribution is -0.105. The molecule has 3 heterocycles. The Morgan fingerprint density at radius 3 is 2.05 bits per heavy atom. The molecule has 0 spiro atoms. The largest absolute Gasteiger partial charge is 0.351 e. The first-order valence-electron chi connectivity index (χ1n) is 12.5. The maximum Gasteiger partial charge on any atom is 0.272 e. The predicted octanol–water partition coefficient (Wildman–Crippen LogP) is 2.25. The first kappa shape index (κ1) is 26.7. The third kappa shape index (κ3) is 6.32. The summed E-state index contributed by atoms with van der Waals surface area (Å²) in [5.74, 6) is -0.904. The average Bonchev–Trinajstić information content (AvgIpc) is 3.36. The van der Waals surface area contributed by atoms with Gasteiger partial charge in [-0.1, -0.05) is 0 Å². The van der Waals surface area contributed by atoms with Gasteiger partial charge in [0.15, 0.2) is 0 Å². The zero-order chi connectivity index (χ0) is 27.4. The zero-order valence-corrected chi connectivity index (χ0v) is 22.1. The number of carbonyl (C=O) groups is 4. The van der Waals surface area contributed by atoms with E-state index < -0.39 is 0 Å². The Labute approximate surface area is 221 Å². The molecule has 0 aromatic carbocycles. The quantitative estimate of drug-likeness (QED) is 0.214. The molecule has 0 radical (unpaired) electrons. The third-order valence-electron chi connectivity index (χ3n) is 6.31. The maximum absolute atomic E-state index is 13.2. The minimum absolute atomic E-state index is 0.194. The monoisotopic (exact) mass is 522 g/mol. The maximum atomic E-state index is 13.2. The van der Waals surface area contributed by atoms with Crippen molar-refractivity contribution in [2.75, 3.05) is 43.1 Å². The molecule has 12 heteroatoms. The van der Waals surface area contributed by atoms with Crippen LogP contribution < -0.4 is 21.3 Å². The predicted molar refractivity (Wildman–Crippen MR) is 145 cm³/mol. The van der Waals surface area contributed by atoms with Gasteiger partial charge in [-0.2, -0.15) is 0 Å². The molecule has 202 valence electrons. The molecule has 12 nitrogen and oxygen atoms in total. The zero-order valence-electron chi connectivity index (χ0n) is 22.1. The number of nitrogens with one attached hydrogen (secondary N) is 4. The lowest BCUT2D eigenvalue weighted by atomic mass is 10.3. The van der Waals surface area contributed by atoms with Gasteiger partial charge in [0.05, 0.1) is 17.1 Å². The second-order valence-corrected chi connectivity index (χ2v) is 9.79. The fourth-order valence-electron chi connectivity index (χ4n) is 4.26. The number of carbonyl (C=O) groups excluding carboxylic acids is 4. The molecule has 1 saturated carbocycles. The smallest absolute Gasteiger partial charge is 0.272 e. The van der Waals surface area contributed by atoms with E-state index in [0.29, 0.717) is 47.1 Å². The molecule has 0 saturated heterocycles. The van der Waals surface area contributed by atoms with Crippen LogP contribution in [0.1, 0.15) is 56.8 Å². The average molecular weight is 523 g/mol. The fourth-order valence-corrected chi connectivity index (χ4v) is 4.26. The normalized spacial score (nSPS) is 12.9. The molecule has 1 aliphatic carbocycles. The van der Waals surface area contributed by atoms with Gasteiger partial charge in [-0.05, 0) is 58.1 Å². The molecule has 0 aliphatic heterocycles. The molecule has 3 aromatic heterocycles. The van der Waals surface area contributed by atoms with E-state index in [2.05, 4.69) is 26.2 Å². The minimum Gasteiger partial charge on any atom is -0.351 e. The summed E-state index contributed by atoms with van der Waals surface area (Å²) < 4.78 is 5.16. The number of rotatable bonds is 12. The molecule has 0 bridgehead atoms. The molecule has 0 unspecified atom stereocenters. The summed E-state index contributed by atoms with van der Waals surface area (Å²) >= 11 is 0. The number of aryl methyl sites for hydroxylation is 2. The Hall–Kier alpha value is -4.32. The van der Waals surface area contributed by atoms with E-state index in [0.717, 1.165) is 25.8 Å². The summed E-state index contributed by atoms with van der Waals surface area (Å²) in [6.07, 6.45) is 8.37. The molecule has 1 fully saturated rings. The number of hydrogen-bond donors (Lipinski definition) is 4. The number of hydrogen-bond acceptors (Lipinski definition) is 5. The van der Waals surface area contributed by atoms with Crippen LogP contribution in [0, 0.1) is 0 Å². The lowest BCUT2D eigenvalue weighted by Gasteiger charge is -2.10. The summed E-state index contributed by atoms with van der Waals surface area (Å²) in [5, 5.41) is 11.1. The Morgan fingerprint density at radius 1 is 0.868 bits per heavy atom. The highest BCUT2D eigenvalue weighted by molar-refractivity contribution is 6.07. The van der Waals surface area contributed by atoms with Crippen LogP contribution in [0.2, 0.25) is 0 Å². The summed E-state index contributed by atoms with van der Waals surface area (Å²) in [5.41, 5.74) is 2.72. The molecular formula is C26H34N8O4. The van der Waals surface area contributed by atoms with Gasteiger partial charge in [0, 0.05) is 45.3 Å².